The van der Waals surface area contributed by atoms with E-state index in [4.69, 9.17) is 9.47 Å². The van der Waals surface area contributed by atoms with Gasteiger partial charge in [0.1, 0.15) is 23.9 Å². The predicted octanol–water partition coefficient (Wildman–Crippen LogP) is 3.33. The van der Waals surface area contributed by atoms with Crippen LogP contribution < -0.4 is 20.1 Å². The molecule has 1 aliphatic rings. The third-order valence-electron chi connectivity index (χ3n) is 5.07. The fraction of sp³-hybridized carbons (Fsp3) is 0.348. The second kappa shape index (κ2) is 11.7. The number of H-pyrrole nitrogens is 1. The van der Waals surface area contributed by atoms with E-state index in [9.17, 15) is 0 Å². The number of halogens is 1. The molecule has 1 aliphatic heterocycles. The number of benzene rings is 2. The summed E-state index contributed by atoms with van der Waals surface area (Å²) in [6.45, 7) is 4.83. The van der Waals surface area contributed by atoms with Crippen LogP contribution in [0.2, 0.25) is 0 Å². The lowest BCUT2D eigenvalue weighted by Gasteiger charge is -2.11. The monoisotopic (exact) mass is 548 g/mol. The normalized spacial score (nSPS) is 12.5. The van der Waals surface area contributed by atoms with E-state index in [0.717, 1.165) is 55.6 Å². The molecule has 2 aromatic carbocycles. The number of fused-ring (bicyclic) bond motifs is 1. The van der Waals surface area contributed by atoms with Crippen LogP contribution in [0, 0.1) is 0 Å². The lowest BCUT2D eigenvalue weighted by atomic mass is 10.1. The van der Waals surface area contributed by atoms with E-state index in [-0.39, 0.29) is 24.0 Å². The summed E-state index contributed by atoms with van der Waals surface area (Å²) in [7, 11) is 1.65. The van der Waals surface area contributed by atoms with Gasteiger partial charge >= 0.3 is 0 Å². The van der Waals surface area contributed by atoms with E-state index in [2.05, 4.69) is 49.0 Å². The number of rotatable bonds is 8. The molecule has 0 radical (unpaired) electrons. The number of nitrogens with one attached hydrogen (secondary N) is 3. The summed E-state index contributed by atoms with van der Waals surface area (Å²) in [5, 5.41) is 13.9. The number of nitrogens with zero attached hydrogens (tertiary/aromatic N) is 3. The van der Waals surface area contributed by atoms with Crippen LogP contribution in [0.25, 0.3) is 11.4 Å². The first kappa shape index (κ1) is 23.8. The molecule has 1 aromatic heterocycles. The first-order valence-electron chi connectivity index (χ1n) is 10.6. The van der Waals surface area contributed by atoms with Crippen LogP contribution in [0.5, 0.6) is 11.5 Å². The van der Waals surface area contributed by atoms with Gasteiger partial charge in [0.15, 0.2) is 11.8 Å². The first-order valence-corrected chi connectivity index (χ1v) is 10.6. The second-order valence-corrected chi connectivity index (χ2v) is 7.25. The van der Waals surface area contributed by atoms with Crippen molar-refractivity contribution in [3.05, 3.63) is 59.4 Å². The Labute approximate surface area is 205 Å². The van der Waals surface area contributed by atoms with E-state index in [0.29, 0.717) is 18.2 Å². The largest absolute Gasteiger partial charge is 0.497 e. The molecular weight excluding hydrogens is 519 g/mol. The van der Waals surface area contributed by atoms with Gasteiger partial charge in [0.05, 0.1) is 13.7 Å². The average Bonchev–Trinajstić information content (AvgIpc) is 3.47. The molecule has 3 N–H and O–H groups in total. The Morgan fingerprint density at radius 3 is 2.81 bits per heavy atom. The van der Waals surface area contributed by atoms with Crippen LogP contribution in [0.3, 0.4) is 0 Å². The molecule has 0 spiro atoms. The number of aliphatic imine (C=N–C) groups is 1. The first-order chi connectivity index (χ1) is 15.2. The van der Waals surface area contributed by atoms with Gasteiger partial charge in [0.2, 0.25) is 0 Å². The molecule has 9 heteroatoms. The van der Waals surface area contributed by atoms with Gasteiger partial charge in [0, 0.05) is 25.1 Å². The number of hydrogen-bond acceptors (Lipinski definition) is 5. The molecule has 0 atom stereocenters. The Hall–Kier alpha value is -2.82. The summed E-state index contributed by atoms with van der Waals surface area (Å²) >= 11 is 0. The standard InChI is InChI=1S/C23H28N6O2.HI/c1-3-24-23(25-12-10-16-4-9-20-18(14-16)11-13-31-20)26-15-21-27-22(29-28-21)17-5-7-19(30-2)8-6-17;/h4-9,14H,3,10-13,15H2,1-2H3,(H2,24,25,26)(H,27,28,29);1H. The zero-order valence-corrected chi connectivity index (χ0v) is 20.7. The van der Waals surface area contributed by atoms with Crippen LogP contribution in [-0.2, 0) is 19.4 Å². The molecule has 0 aliphatic carbocycles. The molecule has 2 heterocycles. The highest BCUT2D eigenvalue weighted by Gasteiger charge is 2.12. The van der Waals surface area contributed by atoms with Crippen molar-refractivity contribution < 1.29 is 9.47 Å². The van der Waals surface area contributed by atoms with Crippen molar-refractivity contribution in [2.24, 2.45) is 4.99 Å². The van der Waals surface area contributed by atoms with E-state index in [1.807, 2.05) is 31.2 Å². The van der Waals surface area contributed by atoms with Crippen LogP contribution >= 0.6 is 24.0 Å². The summed E-state index contributed by atoms with van der Waals surface area (Å²) in [5.41, 5.74) is 3.53. The minimum Gasteiger partial charge on any atom is -0.497 e. The third kappa shape index (κ3) is 6.12. The molecule has 0 amide bonds. The fourth-order valence-electron chi connectivity index (χ4n) is 3.45. The van der Waals surface area contributed by atoms with Gasteiger partial charge in [0.25, 0.3) is 0 Å². The van der Waals surface area contributed by atoms with Crippen molar-refractivity contribution in [3.63, 3.8) is 0 Å². The number of guanidine groups is 1. The number of ether oxygens (including phenoxy) is 2. The van der Waals surface area contributed by atoms with E-state index in [1.165, 1.54) is 11.1 Å². The Bertz CT molecular complexity index is 1040. The SMILES string of the molecule is CCNC(=NCc1nc(-c2ccc(OC)cc2)n[nH]1)NCCc1ccc2c(c1)CCO2.I. The third-order valence-corrected chi connectivity index (χ3v) is 5.07. The van der Waals surface area contributed by atoms with Gasteiger partial charge in [-0.05, 0) is 54.8 Å². The smallest absolute Gasteiger partial charge is 0.191 e. The van der Waals surface area contributed by atoms with Crippen LogP contribution in [-0.4, -0.2) is 47.9 Å². The Balaban J connectivity index is 0.00000289. The summed E-state index contributed by atoms with van der Waals surface area (Å²) in [5.74, 6) is 3.94. The lowest BCUT2D eigenvalue weighted by Crippen LogP contribution is -2.38. The lowest BCUT2D eigenvalue weighted by molar-refractivity contribution is 0.357. The van der Waals surface area contributed by atoms with Crippen molar-refractivity contribution in [2.45, 2.75) is 26.3 Å². The van der Waals surface area contributed by atoms with Crippen molar-refractivity contribution in [3.8, 4) is 22.9 Å². The number of hydrogen-bond donors (Lipinski definition) is 3. The topological polar surface area (TPSA) is 96.5 Å². The molecule has 4 rings (SSSR count). The zero-order chi connectivity index (χ0) is 21.5. The van der Waals surface area contributed by atoms with Gasteiger partial charge in [-0.25, -0.2) is 9.98 Å². The van der Waals surface area contributed by atoms with Crippen molar-refractivity contribution >= 4 is 29.9 Å². The molecule has 0 saturated carbocycles. The van der Waals surface area contributed by atoms with Gasteiger partial charge in [-0.3, -0.25) is 5.10 Å². The van der Waals surface area contributed by atoms with Crippen LogP contribution in [0.1, 0.15) is 23.9 Å². The van der Waals surface area contributed by atoms with Crippen molar-refractivity contribution in [1.82, 2.24) is 25.8 Å². The Kier molecular flexibility index (Phi) is 8.72. The number of aromatic nitrogens is 3. The maximum Gasteiger partial charge on any atom is 0.191 e. The summed E-state index contributed by atoms with van der Waals surface area (Å²) < 4.78 is 10.8. The predicted molar refractivity (Wildman–Crippen MR) is 136 cm³/mol. The average molecular weight is 548 g/mol. The molecule has 170 valence electrons. The quantitative estimate of drug-likeness (QED) is 0.227. The van der Waals surface area contributed by atoms with Gasteiger partial charge in [-0.15, -0.1) is 24.0 Å². The van der Waals surface area contributed by atoms with Crippen LogP contribution in [0.4, 0.5) is 0 Å². The maximum absolute atomic E-state index is 5.58. The molecule has 0 saturated heterocycles. The minimum absolute atomic E-state index is 0. The van der Waals surface area contributed by atoms with E-state index >= 15 is 0 Å². The molecular formula is C23H29IN6O2. The highest BCUT2D eigenvalue weighted by atomic mass is 127. The van der Waals surface area contributed by atoms with E-state index < -0.39 is 0 Å². The molecule has 0 fully saturated rings. The minimum atomic E-state index is 0. The summed E-state index contributed by atoms with van der Waals surface area (Å²) in [4.78, 5) is 9.18. The molecule has 3 aromatic rings. The summed E-state index contributed by atoms with van der Waals surface area (Å²) in [6, 6.07) is 14.1. The fourth-order valence-corrected chi connectivity index (χ4v) is 3.45. The Morgan fingerprint density at radius 1 is 1.19 bits per heavy atom. The van der Waals surface area contributed by atoms with Gasteiger partial charge in [-0.2, -0.15) is 5.10 Å². The number of methoxy groups -OCH3 is 1. The van der Waals surface area contributed by atoms with E-state index in [1.54, 1.807) is 7.11 Å². The molecule has 32 heavy (non-hydrogen) atoms. The number of aromatic amines is 1. The summed E-state index contributed by atoms with van der Waals surface area (Å²) in [6.07, 6.45) is 1.91. The highest BCUT2D eigenvalue weighted by Crippen LogP contribution is 2.25. The highest BCUT2D eigenvalue weighted by molar-refractivity contribution is 14.0. The van der Waals surface area contributed by atoms with Gasteiger partial charge < -0.3 is 20.1 Å². The maximum atomic E-state index is 5.58. The molecule has 8 nitrogen and oxygen atoms in total. The van der Waals surface area contributed by atoms with Crippen molar-refractivity contribution in [2.75, 3.05) is 26.8 Å². The molecule has 0 bridgehead atoms. The molecule has 0 unspecified atom stereocenters. The van der Waals surface area contributed by atoms with Crippen LogP contribution in [0.15, 0.2) is 47.5 Å². The van der Waals surface area contributed by atoms with Crippen molar-refractivity contribution in [1.29, 1.82) is 0 Å². The van der Waals surface area contributed by atoms with Gasteiger partial charge in [-0.1, -0.05) is 12.1 Å². The zero-order valence-electron chi connectivity index (χ0n) is 18.4. The Morgan fingerprint density at radius 2 is 2.03 bits per heavy atom. The second-order valence-electron chi connectivity index (χ2n) is 7.25.